The molecule has 100 valence electrons. The SMILES string of the molecule is CC(=O)c1cnc(N(C)Cc2ncc(C)[nH]2)nc1C. The highest BCUT2D eigenvalue weighted by Gasteiger charge is 2.11. The van der Waals surface area contributed by atoms with E-state index in [1.54, 1.807) is 12.4 Å². The minimum atomic E-state index is -0.0200. The van der Waals surface area contributed by atoms with Gasteiger partial charge in [-0.2, -0.15) is 0 Å². The number of anilines is 1. The molecule has 2 heterocycles. The van der Waals surface area contributed by atoms with Gasteiger partial charge in [-0.25, -0.2) is 15.0 Å². The standard InChI is InChI=1S/C13H17N5O/c1-8-5-14-12(16-8)7-18(4)13-15-6-11(10(3)19)9(2)17-13/h5-6H,7H2,1-4H3,(H,14,16). The molecule has 0 bridgehead atoms. The first-order valence-corrected chi connectivity index (χ1v) is 6.03. The van der Waals surface area contributed by atoms with Crippen LogP contribution in [0.4, 0.5) is 5.95 Å². The van der Waals surface area contributed by atoms with E-state index in [1.165, 1.54) is 6.92 Å². The Bertz CT molecular complexity index is 605. The smallest absolute Gasteiger partial charge is 0.225 e. The van der Waals surface area contributed by atoms with Crippen molar-refractivity contribution in [2.24, 2.45) is 0 Å². The third kappa shape index (κ3) is 2.96. The van der Waals surface area contributed by atoms with Gasteiger partial charge in [0.05, 0.1) is 17.8 Å². The van der Waals surface area contributed by atoms with Gasteiger partial charge in [0.2, 0.25) is 5.95 Å². The second-order valence-electron chi connectivity index (χ2n) is 4.59. The van der Waals surface area contributed by atoms with Gasteiger partial charge in [0.25, 0.3) is 0 Å². The van der Waals surface area contributed by atoms with Crippen LogP contribution in [0.15, 0.2) is 12.4 Å². The molecule has 0 spiro atoms. The molecule has 2 rings (SSSR count). The van der Waals surface area contributed by atoms with Crippen molar-refractivity contribution in [3.8, 4) is 0 Å². The summed E-state index contributed by atoms with van der Waals surface area (Å²) in [5.41, 5.74) is 2.28. The molecule has 19 heavy (non-hydrogen) atoms. The summed E-state index contributed by atoms with van der Waals surface area (Å²) in [6.45, 7) is 5.87. The molecule has 0 radical (unpaired) electrons. The molecule has 6 heteroatoms. The molecule has 2 aromatic heterocycles. The number of nitrogens with zero attached hydrogens (tertiary/aromatic N) is 4. The number of hydrogen-bond acceptors (Lipinski definition) is 5. The second kappa shape index (κ2) is 5.17. The van der Waals surface area contributed by atoms with Crippen molar-refractivity contribution in [2.75, 3.05) is 11.9 Å². The number of imidazole rings is 1. The molecule has 0 saturated carbocycles. The fraction of sp³-hybridized carbons (Fsp3) is 0.385. The van der Waals surface area contributed by atoms with E-state index >= 15 is 0 Å². The van der Waals surface area contributed by atoms with E-state index in [2.05, 4.69) is 19.9 Å². The average molecular weight is 259 g/mol. The molecule has 0 amide bonds. The topological polar surface area (TPSA) is 74.8 Å². The second-order valence-corrected chi connectivity index (χ2v) is 4.59. The number of carbonyl (C=O) groups excluding carboxylic acids is 1. The number of nitrogens with one attached hydrogen (secondary N) is 1. The maximum atomic E-state index is 11.3. The molecule has 0 aromatic carbocycles. The van der Waals surface area contributed by atoms with E-state index in [0.717, 1.165) is 11.5 Å². The van der Waals surface area contributed by atoms with Crippen molar-refractivity contribution < 1.29 is 4.79 Å². The minimum Gasteiger partial charge on any atom is -0.345 e. The number of Topliss-reactive ketones (excluding diaryl/α,β-unsaturated/α-hetero) is 1. The molecule has 6 nitrogen and oxygen atoms in total. The average Bonchev–Trinajstić information content (AvgIpc) is 2.74. The summed E-state index contributed by atoms with van der Waals surface area (Å²) in [5.74, 6) is 1.42. The molecule has 0 saturated heterocycles. The van der Waals surface area contributed by atoms with Crippen molar-refractivity contribution in [2.45, 2.75) is 27.3 Å². The molecule has 0 unspecified atom stereocenters. The van der Waals surface area contributed by atoms with Gasteiger partial charge < -0.3 is 9.88 Å². The number of H-pyrrole nitrogens is 1. The zero-order chi connectivity index (χ0) is 14.0. The molecule has 0 fully saturated rings. The Morgan fingerprint density at radius 3 is 2.58 bits per heavy atom. The van der Waals surface area contributed by atoms with Crippen LogP contribution >= 0.6 is 0 Å². The third-order valence-electron chi connectivity index (χ3n) is 2.83. The van der Waals surface area contributed by atoms with Crippen molar-refractivity contribution in [3.63, 3.8) is 0 Å². The molecule has 0 atom stereocenters. The molecule has 0 aliphatic heterocycles. The predicted molar refractivity (Wildman–Crippen MR) is 72.2 cm³/mol. The predicted octanol–water partition coefficient (Wildman–Crippen LogP) is 1.66. The van der Waals surface area contributed by atoms with E-state index < -0.39 is 0 Å². The Morgan fingerprint density at radius 1 is 1.32 bits per heavy atom. The van der Waals surface area contributed by atoms with Gasteiger partial charge in [0.1, 0.15) is 5.82 Å². The van der Waals surface area contributed by atoms with Crippen LogP contribution in [0.2, 0.25) is 0 Å². The molecule has 0 aliphatic carbocycles. The summed E-state index contributed by atoms with van der Waals surface area (Å²) >= 11 is 0. The van der Waals surface area contributed by atoms with Crippen LogP contribution in [0.25, 0.3) is 0 Å². The van der Waals surface area contributed by atoms with Crippen LogP contribution in [0.1, 0.15) is 34.5 Å². The van der Waals surface area contributed by atoms with Crippen molar-refractivity contribution >= 4 is 11.7 Å². The van der Waals surface area contributed by atoms with Gasteiger partial charge in [0.15, 0.2) is 5.78 Å². The highest BCUT2D eigenvalue weighted by Crippen LogP contribution is 2.12. The van der Waals surface area contributed by atoms with E-state index in [9.17, 15) is 4.79 Å². The molecule has 2 aromatic rings. The summed E-state index contributed by atoms with van der Waals surface area (Å²) in [6, 6.07) is 0. The van der Waals surface area contributed by atoms with E-state index in [1.807, 2.05) is 25.8 Å². The highest BCUT2D eigenvalue weighted by atomic mass is 16.1. The van der Waals surface area contributed by atoms with Crippen LogP contribution in [-0.2, 0) is 6.54 Å². The van der Waals surface area contributed by atoms with Crippen molar-refractivity contribution in [3.05, 3.63) is 35.2 Å². The van der Waals surface area contributed by atoms with E-state index in [-0.39, 0.29) is 5.78 Å². The fourth-order valence-electron chi connectivity index (χ4n) is 1.83. The number of aromatic amines is 1. The highest BCUT2D eigenvalue weighted by molar-refractivity contribution is 5.94. The Labute approximate surface area is 111 Å². The van der Waals surface area contributed by atoms with Crippen LogP contribution in [-0.4, -0.2) is 32.8 Å². The summed E-state index contributed by atoms with van der Waals surface area (Å²) in [5, 5.41) is 0. The fourth-order valence-corrected chi connectivity index (χ4v) is 1.83. The third-order valence-corrected chi connectivity index (χ3v) is 2.83. The zero-order valence-electron chi connectivity index (χ0n) is 11.6. The van der Waals surface area contributed by atoms with Crippen molar-refractivity contribution in [1.82, 2.24) is 19.9 Å². The van der Waals surface area contributed by atoms with Crippen LogP contribution in [0.5, 0.6) is 0 Å². The maximum Gasteiger partial charge on any atom is 0.225 e. The van der Waals surface area contributed by atoms with E-state index in [0.29, 0.717) is 23.8 Å². The Balaban J connectivity index is 2.17. The summed E-state index contributed by atoms with van der Waals surface area (Å²) < 4.78 is 0. The minimum absolute atomic E-state index is 0.0200. The molecule has 1 N–H and O–H groups in total. The number of aryl methyl sites for hydroxylation is 2. The van der Waals surface area contributed by atoms with Gasteiger partial charge in [-0.1, -0.05) is 0 Å². The van der Waals surface area contributed by atoms with Gasteiger partial charge in [-0.05, 0) is 20.8 Å². The Hall–Kier alpha value is -2.24. The number of ketones is 1. The first-order chi connectivity index (χ1) is 8.97. The number of carbonyl (C=O) groups is 1. The summed E-state index contributed by atoms with van der Waals surface area (Å²) in [4.78, 5) is 29.2. The lowest BCUT2D eigenvalue weighted by Crippen LogP contribution is -2.20. The maximum absolute atomic E-state index is 11.3. The number of aromatic nitrogens is 4. The van der Waals surface area contributed by atoms with E-state index in [4.69, 9.17) is 0 Å². The van der Waals surface area contributed by atoms with Gasteiger partial charge >= 0.3 is 0 Å². The first kappa shape index (κ1) is 13.2. The summed E-state index contributed by atoms with van der Waals surface area (Å²) in [7, 11) is 1.89. The van der Waals surface area contributed by atoms with Crippen LogP contribution in [0.3, 0.4) is 0 Å². The zero-order valence-corrected chi connectivity index (χ0v) is 11.6. The number of hydrogen-bond donors (Lipinski definition) is 1. The monoisotopic (exact) mass is 259 g/mol. The lowest BCUT2D eigenvalue weighted by molar-refractivity contribution is 0.101. The summed E-state index contributed by atoms with van der Waals surface area (Å²) in [6.07, 6.45) is 3.36. The number of rotatable bonds is 4. The first-order valence-electron chi connectivity index (χ1n) is 6.03. The molecular weight excluding hydrogens is 242 g/mol. The Kier molecular flexibility index (Phi) is 3.59. The van der Waals surface area contributed by atoms with Gasteiger partial charge in [-0.3, -0.25) is 4.79 Å². The lowest BCUT2D eigenvalue weighted by Gasteiger charge is -2.16. The normalized spacial score (nSPS) is 10.5. The van der Waals surface area contributed by atoms with Crippen LogP contribution in [0, 0.1) is 13.8 Å². The van der Waals surface area contributed by atoms with Crippen LogP contribution < -0.4 is 4.90 Å². The quantitative estimate of drug-likeness (QED) is 0.845. The Morgan fingerprint density at radius 2 is 2.05 bits per heavy atom. The van der Waals surface area contributed by atoms with Gasteiger partial charge in [0, 0.05) is 25.1 Å². The lowest BCUT2D eigenvalue weighted by atomic mass is 10.2. The largest absolute Gasteiger partial charge is 0.345 e. The molecule has 0 aliphatic rings. The molecular formula is C13H17N5O. The van der Waals surface area contributed by atoms with Gasteiger partial charge in [-0.15, -0.1) is 0 Å². The van der Waals surface area contributed by atoms with Crippen molar-refractivity contribution in [1.29, 1.82) is 0 Å².